The number of ketones is 1. The van der Waals surface area contributed by atoms with Crippen LogP contribution in [0.2, 0.25) is 10.0 Å². The number of aliphatic hydroxyl groups is 1. The average Bonchev–Trinajstić information content (AvgIpc) is 3.33. The van der Waals surface area contributed by atoms with Crippen LogP contribution < -0.4 is 9.64 Å². The number of amides is 1. The lowest BCUT2D eigenvalue weighted by Crippen LogP contribution is -2.29. The monoisotopic (exact) mass is 485 g/mol. The first-order valence-electron chi connectivity index (χ1n) is 10.3. The molecule has 2 aromatic carbocycles. The maximum absolute atomic E-state index is 13.2. The zero-order valence-corrected chi connectivity index (χ0v) is 19.7. The molecule has 0 spiro atoms. The second-order valence-electron chi connectivity index (χ2n) is 7.61. The second kappa shape index (κ2) is 8.96. The van der Waals surface area contributed by atoms with E-state index in [2.05, 4.69) is 0 Å². The van der Waals surface area contributed by atoms with E-state index in [0.29, 0.717) is 17.2 Å². The number of aliphatic hydroxyl groups excluding tert-OH is 1. The third-order valence-electron chi connectivity index (χ3n) is 5.57. The molecule has 1 aliphatic heterocycles. The lowest BCUT2D eigenvalue weighted by atomic mass is 9.98. The van der Waals surface area contributed by atoms with Gasteiger partial charge in [-0.1, -0.05) is 42.3 Å². The zero-order valence-electron chi connectivity index (χ0n) is 18.2. The van der Waals surface area contributed by atoms with Crippen molar-refractivity contribution in [1.82, 2.24) is 0 Å². The van der Waals surface area contributed by atoms with E-state index in [0.717, 1.165) is 12.0 Å². The minimum Gasteiger partial charge on any atom is -0.507 e. The molecule has 1 fully saturated rings. The fourth-order valence-corrected chi connectivity index (χ4v) is 4.52. The standard InChI is InChI=1S/C25H21Cl2NO5/c1-4-14-6-8-16(9-7-14)28-21(19-10-5-13(2)33-19)20(23(30)25(28)31)22(29)17-11-15(26)12-18(27)24(17)32-3/h5-12,21,29H,4H2,1-3H3/b22-20+. The Morgan fingerprint density at radius 1 is 1.12 bits per heavy atom. The molecule has 1 N–H and O–H groups in total. The Kier molecular flexibility index (Phi) is 6.23. The summed E-state index contributed by atoms with van der Waals surface area (Å²) >= 11 is 12.4. The highest BCUT2D eigenvalue weighted by Gasteiger charge is 2.48. The molecule has 1 saturated heterocycles. The van der Waals surface area contributed by atoms with Crippen molar-refractivity contribution in [2.45, 2.75) is 26.3 Å². The largest absolute Gasteiger partial charge is 0.507 e. The van der Waals surface area contributed by atoms with E-state index in [9.17, 15) is 14.7 Å². The molecule has 2 heterocycles. The normalized spacial score (nSPS) is 17.6. The predicted molar refractivity (Wildman–Crippen MR) is 127 cm³/mol. The summed E-state index contributed by atoms with van der Waals surface area (Å²) in [6.45, 7) is 3.78. The van der Waals surface area contributed by atoms with Crippen molar-refractivity contribution in [3.05, 3.63) is 86.8 Å². The number of ether oxygens (including phenoxy) is 1. The van der Waals surface area contributed by atoms with E-state index >= 15 is 0 Å². The number of aryl methyl sites for hydroxylation is 2. The smallest absolute Gasteiger partial charge is 0.300 e. The first kappa shape index (κ1) is 23.0. The van der Waals surface area contributed by atoms with Gasteiger partial charge in [-0.2, -0.15) is 0 Å². The highest BCUT2D eigenvalue weighted by Crippen LogP contribution is 2.45. The van der Waals surface area contributed by atoms with Crippen LogP contribution in [-0.2, 0) is 16.0 Å². The van der Waals surface area contributed by atoms with Crippen LogP contribution in [0.4, 0.5) is 5.69 Å². The summed E-state index contributed by atoms with van der Waals surface area (Å²) in [5.74, 6) is -1.04. The van der Waals surface area contributed by atoms with Crippen molar-refractivity contribution in [1.29, 1.82) is 0 Å². The number of carbonyl (C=O) groups is 2. The molecule has 8 heteroatoms. The summed E-state index contributed by atoms with van der Waals surface area (Å²) in [5, 5.41) is 11.7. The summed E-state index contributed by atoms with van der Waals surface area (Å²) in [6, 6.07) is 12.6. The summed E-state index contributed by atoms with van der Waals surface area (Å²) in [4.78, 5) is 27.7. The van der Waals surface area contributed by atoms with Crippen LogP contribution in [0.25, 0.3) is 5.76 Å². The van der Waals surface area contributed by atoms with Crippen molar-refractivity contribution in [2.24, 2.45) is 0 Å². The Balaban J connectivity index is 1.97. The summed E-state index contributed by atoms with van der Waals surface area (Å²) in [6.07, 6.45) is 0.829. The Labute approximate surface area is 201 Å². The number of anilines is 1. The lowest BCUT2D eigenvalue weighted by molar-refractivity contribution is -0.132. The van der Waals surface area contributed by atoms with Crippen molar-refractivity contribution in [3.8, 4) is 5.75 Å². The lowest BCUT2D eigenvalue weighted by Gasteiger charge is -2.24. The van der Waals surface area contributed by atoms with Gasteiger partial charge in [0, 0.05) is 10.7 Å². The molecule has 1 atom stereocenters. The van der Waals surface area contributed by atoms with E-state index in [4.69, 9.17) is 32.4 Å². The number of rotatable bonds is 5. The zero-order chi connectivity index (χ0) is 23.9. The molecule has 0 bridgehead atoms. The van der Waals surface area contributed by atoms with Gasteiger partial charge in [-0.3, -0.25) is 14.5 Å². The Morgan fingerprint density at radius 3 is 2.39 bits per heavy atom. The summed E-state index contributed by atoms with van der Waals surface area (Å²) in [5.41, 5.74) is 1.54. The molecule has 1 unspecified atom stereocenters. The number of nitrogens with zero attached hydrogens (tertiary/aromatic N) is 1. The van der Waals surface area contributed by atoms with Crippen LogP contribution in [0.5, 0.6) is 5.75 Å². The van der Waals surface area contributed by atoms with Gasteiger partial charge in [0.15, 0.2) is 0 Å². The molecule has 170 valence electrons. The number of hydrogen-bond acceptors (Lipinski definition) is 5. The number of hydrogen-bond donors (Lipinski definition) is 1. The quantitative estimate of drug-likeness (QED) is 0.268. The molecule has 6 nitrogen and oxygen atoms in total. The predicted octanol–water partition coefficient (Wildman–Crippen LogP) is 6.09. The minimum atomic E-state index is -0.992. The van der Waals surface area contributed by atoms with E-state index in [-0.39, 0.29) is 26.9 Å². The van der Waals surface area contributed by atoms with Crippen molar-refractivity contribution >= 4 is 46.3 Å². The third-order valence-corrected chi connectivity index (χ3v) is 6.06. The first-order chi connectivity index (χ1) is 15.8. The molecule has 1 amide bonds. The first-order valence-corrected chi connectivity index (χ1v) is 11.0. The fraction of sp³-hybridized carbons (Fsp3) is 0.200. The summed E-state index contributed by atoms with van der Waals surface area (Å²) < 4.78 is 11.1. The van der Waals surface area contributed by atoms with Gasteiger partial charge >= 0.3 is 0 Å². The average molecular weight is 486 g/mol. The second-order valence-corrected chi connectivity index (χ2v) is 8.45. The Morgan fingerprint density at radius 2 is 1.82 bits per heavy atom. The van der Waals surface area contributed by atoms with Crippen LogP contribution in [0.1, 0.15) is 35.6 Å². The van der Waals surface area contributed by atoms with Crippen LogP contribution in [-0.4, -0.2) is 23.9 Å². The molecule has 33 heavy (non-hydrogen) atoms. The van der Waals surface area contributed by atoms with Crippen molar-refractivity contribution in [2.75, 3.05) is 12.0 Å². The van der Waals surface area contributed by atoms with Crippen LogP contribution >= 0.6 is 23.2 Å². The van der Waals surface area contributed by atoms with Gasteiger partial charge in [0.25, 0.3) is 11.7 Å². The van der Waals surface area contributed by atoms with Gasteiger partial charge in [0.05, 0.1) is 23.3 Å². The SMILES string of the molecule is CCc1ccc(N2C(=O)C(=O)/C(=C(/O)c3cc(Cl)cc(Cl)c3OC)C2c2ccc(C)o2)cc1. The molecule has 1 aliphatic rings. The minimum absolute atomic E-state index is 0.0996. The van der Waals surface area contributed by atoms with Gasteiger partial charge < -0.3 is 14.3 Å². The van der Waals surface area contributed by atoms with Crippen LogP contribution in [0.3, 0.4) is 0 Å². The number of halogens is 2. The number of Topliss-reactive ketones (excluding diaryl/α,β-unsaturated/α-hetero) is 1. The van der Waals surface area contributed by atoms with E-state index < -0.39 is 23.5 Å². The van der Waals surface area contributed by atoms with Gasteiger partial charge in [0.2, 0.25) is 0 Å². The molecule has 0 saturated carbocycles. The molecular formula is C25H21Cl2NO5. The number of carbonyl (C=O) groups excluding carboxylic acids is 2. The van der Waals surface area contributed by atoms with Crippen LogP contribution in [0.15, 0.2) is 58.5 Å². The van der Waals surface area contributed by atoms with E-state index in [1.165, 1.54) is 24.1 Å². The maximum atomic E-state index is 13.2. The third kappa shape index (κ3) is 4.01. The molecule has 1 aromatic heterocycles. The summed E-state index contributed by atoms with van der Waals surface area (Å²) in [7, 11) is 1.38. The van der Waals surface area contributed by atoms with Gasteiger partial charge in [-0.25, -0.2) is 0 Å². The van der Waals surface area contributed by atoms with E-state index in [1.54, 1.807) is 31.2 Å². The van der Waals surface area contributed by atoms with E-state index in [1.807, 2.05) is 19.1 Å². The van der Waals surface area contributed by atoms with Crippen molar-refractivity contribution < 1.29 is 23.8 Å². The number of benzene rings is 2. The maximum Gasteiger partial charge on any atom is 0.300 e. The fourth-order valence-electron chi connectivity index (χ4n) is 3.95. The van der Waals surface area contributed by atoms with Gasteiger partial charge in [-0.05, 0) is 55.3 Å². The molecule has 4 rings (SSSR count). The van der Waals surface area contributed by atoms with Gasteiger partial charge in [-0.15, -0.1) is 0 Å². The number of furan rings is 1. The highest BCUT2D eigenvalue weighted by atomic mass is 35.5. The van der Waals surface area contributed by atoms with Crippen molar-refractivity contribution in [3.63, 3.8) is 0 Å². The Bertz CT molecular complexity index is 1280. The highest BCUT2D eigenvalue weighted by molar-refractivity contribution is 6.51. The molecular weight excluding hydrogens is 465 g/mol. The van der Waals surface area contributed by atoms with Gasteiger partial charge in [0.1, 0.15) is 29.1 Å². The molecule has 0 aliphatic carbocycles. The topological polar surface area (TPSA) is 80.0 Å². The Hall–Kier alpha value is -3.22. The molecule has 0 radical (unpaired) electrons. The number of methoxy groups -OCH3 is 1. The molecule has 3 aromatic rings. The van der Waals surface area contributed by atoms with Crippen LogP contribution in [0, 0.1) is 6.92 Å².